The number of nitrogens with one attached hydrogen (secondary N) is 1. The molecule has 1 aliphatic carbocycles. The van der Waals surface area contributed by atoms with Gasteiger partial charge in [0.05, 0.1) is 24.2 Å². The predicted octanol–water partition coefficient (Wildman–Crippen LogP) is 4.24. The second-order valence-corrected chi connectivity index (χ2v) is 10.9. The van der Waals surface area contributed by atoms with Crippen LogP contribution in [0.5, 0.6) is 11.5 Å². The Morgan fingerprint density at radius 1 is 1.00 bits per heavy atom. The monoisotopic (exact) mass is 542 g/mol. The third-order valence-electron chi connectivity index (χ3n) is 8.22. The van der Waals surface area contributed by atoms with Gasteiger partial charge in [-0.25, -0.2) is 9.97 Å². The number of benzene rings is 2. The van der Waals surface area contributed by atoms with Gasteiger partial charge < -0.3 is 30.2 Å². The van der Waals surface area contributed by atoms with Gasteiger partial charge in [0.1, 0.15) is 29.3 Å². The van der Waals surface area contributed by atoms with Crippen molar-refractivity contribution in [2.45, 2.75) is 37.3 Å². The maximum absolute atomic E-state index is 11.3. The molecule has 0 atom stereocenters. The smallest absolute Gasteiger partial charge is 0.146 e. The van der Waals surface area contributed by atoms with E-state index < -0.39 is 5.60 Å². The highest BCUT2D eigenvalue weighted by molar-refractivity contribution is 6.00. The van der Waals surface area contributed by atoms with Gasteiger partial charge >= 0.3 is 0 Å². The maximum atomic E-state index is 11.3. The zero-order chi connectivity index (χ0) is 27.4. The first-order valence-electron chi connectivity index (χ1n) is 14.3. The highest BCUT2D eigenvalue weighted by atomic mass is 16.5. The molecule has 0 bridgehead atoms. The van der Waals surface area contributed by atoms with E-state index in [9.17, 15) is 5.11 Å². The molecule has 40 heavy (non-hydrogen) atoms. The summed E-state index contributed by atoms with van der Waals surface area (Å²) in [6.07, 6.45) is 6.91. The van der Waals surface area contributed by atoms with Crippen LogP contribution < -0.4 is 15.8 Å². The Morgan fingerprint density at radius 3 is 2.48 bits per heavy atom. The Hall–Kier alpha value is -3.50. The Morgan fingerprint density at radius 2 is 1.73 bits per heavy atom. The molecule has 6 rings (SSSR count). The molecule has 0 radical (unpaired) electrons. The normalized spacial score (nSPS) is 22.0. The van der Waals surface area contributed by atoms with Crippen molar-refractivity contribution < 1.29 is 14.6 Å². The van der Waals surface area contributed by atoms with Gasteiger partial charge in [0, 0.05) is 50.5 Å². The van der Waals surface area contributed by atoms with Gasteiger partial charge in [-0.2, -0.15) is 0 Å². The molecule has 2 aromatic carbocycles. The average molecular weight is 543 g/mol. The van der Waals surface area contributed by atoms with E-state index in [-0.39, 0.29) is 6.04 Å². The Labute approximate surface area is 234 Å². The Kier molecular flexibility index (Phi) is 7.97. The summed E-state index contributed by atoms with van der Waals surface area (Å²) in [5.41, 5.74) is 8.58. The summed E-state index contributed by atoms with van der Waals surface area (Å²) >= 11 is 0. The predicted molar refractivity (Wildman–Crippen MR) is 156 cm³/mol. The molecule has 210 valence electrons. The van der Waals surface area contributed by atoms with Crippen LogP contribution in [-0.4, -0.2) is 76.1 Å². The molecule has 2 aromatic heterocycles. The largest absolute Gasteiger partial charge is 0.457 e. The highest BCUT2D eigenvalue weighted by Crippen LogP contribution is 2.40. The number of nitrogen functional groups attached to an aromatic ring is 1. The minimum absolute atomic E-state index is 0.236. The number of anilines is 1. The molecule has 3 heterocycles. The first-order chi connectivity index (χ1) is 19.6. The standard InChI is InChI=1S/C31H38N6O3/c32-29-28-27(23-6-8-26(9-7-23)40-25-4-2-1-3-5-25)20-37(30(28)35-22-34-29)24-10-12-31(38,13-11-24)21-33-14-15-36-16-18-39-19-17-36/h1-9,20,22,24,33,38H,10-19,21H2,(H2,32,34,35)/t24-,31-. The number of morpholine rings is 1. The van der Waals surface area contributed by atoms with Crippen LogP contribution in [0.4, 0.5) is 5.82 Å². The zero-order valence-corrected chi connectivity index (χ0v) is 22.8. The van der Waals surface area contributed by atoms with Crippen molar-refractivity contribution in [2.24, 2.45) is 0 Å². The topological polar surface area (TPSA) is 111 Å². The van der Waals surface area contributed by atoms with Gasteiger partial charge in [-0.1, -0.05) is 30.3 Å². The van der Waals surface area contributed by atoms with Crippen LogP contribution >= 0.6 is 0 Å². The van der Waals surface area contributed by atoms with E-state index in [1.807, 2.05) is 54.6 Å². The quantitative estimate of drug-likeness (QED) is 0.270. The fraction of sp³-hybridized carbons (Fsp3) is 0.419. The van der Waals surface area contributed by atoms with Crippen molar-refractivity contribution in [3.05, 3.63) is 67.1 Å². The maximum Gasteiger partial charge on any atom is 0.146 e. The molecule has 0 unspecified atom stereocenters. The molecule has 1 saturated carbocycles. The molecule has 2 fully saturated rings. The number of hydrogen-bond acceptors (Lipinski definition) is 8. The number of aromatic nitrogens is 3. The summed E-state index contributed by atoms with van der Waals surface area (Å²) in [5, 5.41) is 15.6. The van der Waals surface area contributed by atoms with Crippen molar-refractivity contribution >= 4 is 16.9 Å². The van der Waals surface area contributed by atoms with Gasteiger partial charge in [0.25, 0.3) is 0 Å². The van der Waals surface area contributed by atoms with Crippen molar-refractivity contribution in [2.75, 3.05) is 51.7 Å². The van der Waals surface area contributed by atoms with Crippen LogP contribution in [0.2, 0.25) is 0 Å². The van der Waals surface area contributed by atoms with Gasteiger partial charge in [-0.15, -0.1) is 0 Å². The zero-order valence-electron chi connectivity index (χ0n) is 22.8. The Bertz CT molecular complexity index is 1390. The number of hydrogen-bond donors (Lipinski definition) is 3. The van der Waals surface area contributed by atoms with E-state index in [1.54, 1.807) is 0 Å². The van der Waals surface area contributed by atoms with Crippen LogP contribution in [0.1, 0.15) is 31.7 Å². The number of para-hydroxylation sites is 1. The molecule has 9 heteroatoms. The second-order valence-electron chi connectivity index (χ2n) is 10.9. The lowest BCUT2D eigenvalue weighted by molar-refractivity contribution is -0.00728. The molecule has 4 N–H and O–H groups in total. The summed E-state index contributed by atoms with van der Waals surface area (Å²) in [6.45, 7) is 6.08. The average Bonchev–Trinajstić information content (AvgIpc) is 3.38. The van der Waals surface area contributed by atoms with E-state index >= 15 is 0 Å². The van der Waals surface area contributed by atoms with Gasteiger partial charge in [0.2, 0.25) is 0 Å². The van der Waals surface area contributed by atoms with Crippen LogP contribution in [0.3, 0.4) is 0 Å². The summed E-state index contributed by atoms with van der Waals surface area (Å²) in [7, 11) is 0. The fourth-order valence-electron chi connectivity index (χ4n) is 5.91. The van der Waals surface area contributed by atoms with E-state index in [2.05, 4.69) is 30.9 Å². The van der Waals surface area contributed by atoms with Crippen molar-refractivity contribution in [3.8, 4) is 22.6 Å². The van der Waals surface area contributed by atoms with Crippen LogP contribution in [0, 0.1) is 0 Å². The summed E-state index contributed by atoms with van der Waals surface area (Å²) < 4.78 is 13.6. The Balaban J connectivity index is 1.13. The van der Waals surface area contributed by atoms with Crippen LogP contribution in [0.25, 0.3) is 22.2 Å². The highest BCUT2D eigenvalue weighted by Gasteiger charge is 2.34. The summed E-state index contributed by atoms with van der Waals surface area (Å²) in [6, 6.07) is 18.0. The third-order valence-corrected chi connectivity index (χ3v) is 8.22. The number of fused-ring (bicyclic) bond motifs is 1. The third kappa shape index (κ3) is 5.97. The molecular formula is C31H38N6O3. The van der Waals surface area contributed by atoms with Gasteiger partial charge in [-0.05, 0) is 55.5 Å². The lowest BCUT2D eigenvalue weighted by atomic mass is 9.82. The van der Waals surface area contributed by atoms with Gasteiger partial charge in [0.15, 0.2) is 0 Å². The van der Waals surface area contributed by atoms with E-state index in [1.165, 1.54) is 6.33 Å². The molecule has 2 aliphatic rings. The summed E-state index contributed by atoms with van der Waals surface area (Å²) in [4.78, 5) is 11.3. The number of ether oxygens (including phenoxy) is 2. The minimum Gasteiger partial charge on any atom is -0.457 e. The van der Waals surface area contributed by atoms with E-state index in [4.69, 9.17) is 15.2 Å². The lowest BCUT2D eigenvalue weighted by Gasteiger charge is -2.37. The van der Waals surface area contributed by atoms with Crippen molar-refractivity contribution in [1.29, 1.82) is 0 Å². The van der Waals surface area contributed by atoms with Gasteiger partial charge in [-0.3, -0.25) is 4.90 Å². The van der Waals surface area contributed by atoms with Crippen LogP contribution in [0.15, 0.2) is 67.1 Å². The first kappa shape index (κ1) is 26.7. The minimum atomic E-state index is -0.685. The first-order valence-corrected chi connectivity index (χ1v) is 14.3. The number of rotatable bonds is 9. The lowest BCUT2D eigenvalue weighted by Crippen LogP contribution is -2.46. The van der Waals surface area contributed by atoms with Crippen molar-refractivity contribution in [1.82, 2.24) is 24.8 Å². The van der Waals surface area contributed by atoms with Crippen LogP contribution in [-0.2, 0) is 4.74 Å². The molecule has 0 amide bonds. The van der Waals surface area contributed by atoms with E-state index in [0.717, 1.165) is 98.7 Å². The fourth-order valence-corrected chi connectivity index (χ4v) is 5.91. The molecule has 4 aromatic rings. The molecular weight excluding hydrogens is 504 g/mol. The molecule has 9 nitrogen and oxygen atoms in total. The molecule has 0 spiro atoms. The summed E-state index contributed by atoms with van der Waals surface area (Å²) in [5.74, 6) is 2.04. The van der Waals surface area contributed by atoms with Crippen molar-refractivity contribution in [3.63, 3.8) is 0 Å². The number of nitrogens with zero attached hydrogens (tertiary/aromatic N) is 4. The molecule has 1 saturated heterocycles. The van der Waals surface area contributed by atoms with E-state index in [0.29, 0.717) is 12.4 Å². The number of aliphatic hydroxyl groups is 1. The molecule has 1 aliphatic heterocycles. The SMILES string of the molecule is Nc1ncnc2c1c(-c1ccc(Oc3ccccc3)cc1)cn2[C@H]1CC[C@@](O)(CNCCN2CCOCC2)CC1. The second kappa shape index (κ2) is 11.9. The number of nitrogens with two attached hydrogens (primary N) is 1.